The van der Waals surface area contributed by atoms with E-state index in [-0.39, 0.29) is 5.91 Å². The zero-order chi connectivity index (χ0) is 11.4. The lowest BCUT2D eigenvalue weighted by molar-refractivity contribution is 0.0946. The van der Waals surface area contributed by atoms with Crippen molar-refractivity contribution in [1.29, 1.82) is 0 Å². The number of carbonyl (C=O) groups excluding carboxylic acids is 1. The lowest BCUT2D eigenvalue weighted by atomic mass is 10.1. The molecule has 2 heterocycles. The molecule has 0 spiro atoms. The first-order valence-electron chi connectivity index (χ1n) is 5.76. The summed E-state index contributed by atoms with van der Waals surface area (Å²) in [5.74, 6) is 0.622. The van der Waals surface area contributed by atoms with Gasteiger partial charge in [0.05, 0.1) is 0 Å². The van der Waals surface area contributed by atoms with Crippen molar-refractivity contribution in [3.8, 4) is 0 Å². The SMILES string of the molecule is Cc1cc(C(=O)NCCC2CCNC2)n[nH]1. The summed E-state index contributed by atoms with van der Waals surface area (Å²) in [5.41, 5.74) is 1.38. The lowest BCUT2D eigenvalue weighted by Gasteiger charge is -2.08. The molecular formula is C11H18N4O. The molecule has 1 saturated heterocycles. The van der Waals surface area contributed by atoms with Gasteiger partial charge in [-0.3, -0.25) is 9.89 Å². The van der Waals surface area contributed by atoms with Crippen molar-refractivity contribution in [1.82, 2.24) is 20.8 Å². The van der Waals surface area contributed by atoms with Crippen LogP contribution in [-0.2, 0) is 0 Å². The molecule has 1 amide bonds. The largest absolute Gasteiger partial charge is 0.351 e. The van der Waals surface area contributed by atoms with Crippen LogP contribution in [0.2, 0.25) is 0 Å². The quantitative estimate of drug-likeness (QED) is 0.692. The Hall–Kier alpha value is -1.36. The predicted octanol–water partition coefficient (Wildman–Crippen LogP) is 0.448. The van der Waals surface area contributed by atoms with Gasteiger partial charge >= 0.3 is 0 Å². The molecule has 3 N–H and O–H groups in total. The Labute approximate surface area is 95.0 Å². The van der Waals surface area contributed by atoms with Crippen LogP contribution in [0.3, 0.4) is 0 Å². The number of nitrogens with one attached hydrogen (secondary N) is 3. The summed E-state index contributed by atoms with van der Waals surface area (Å²) in [7, 11) is 0. The second kappa shape index (κ2) is 5.12. The topological polar surface area (TPSA) is 69.8 Å². The summed E-state index contributed by atoms with van der Waals surface area (Å²) in [5, 5.41) is 12.9. The molecule has 0 bridgehead atoms. The Balaban J connectivity index is 1.71. The van der Waals surface area contributed by atoms with Gasteiger partial charge in [-0.1, -0.05) is 0 Å². The summed E-state index contributed by atoms with van der Waals surface area (Å²) >= 11 is 0. The van der Waals surface area contributed by atoms with Crippen molar-refractivity contribution in [3.05, 3.63) is 17.5 Å². The number of H-pyrrole nitrogens is 1. The first-order chi connectivity index (χ1) is 7.75. The molecule has 1 aliphatic rings. The van der Waals surface area contributed by atoms with Gasteiger partial charge in [-0.05, 0) is 44.8 Å². The fourth-order valence-corrected chi connectivity index (χ4v) is 1.98. The number of amides is 1. The normalized spacial score (nSPS) is 19.9. The van der Waals surface area contributed by atoms with Gasteiger partial charge in [0.2, 0.25) is 0 Å². The maximum Gasteiger partial charge on any atom is 0.271 e. The third kappa shape index (κ3) is 2.82. The van der Waals surface area contributed by atoms with Crippen molar-refractivity contribution in [2.45, 2.75) is 19.8 Å². The third-order valence-electron chi connectivity index (χ3n) is 2.94. The summed E-state index contributed by atoms with van der Waals surface area (Å²) in [4.78, 5) is 11.6. The van der Waals surface area contributed by atoms with E-state index < -0.39 is 0 Å². The minimum absolute atomic E-state index is 0.0877. The maximum atomic E-state index is 11.6. The standard InChI is InChI=1S/C11H18N4O/c1-8-6-10(15-14-8)11(16)13-5-3-9-2-4-12-7-9/h6,9,12H,2-5,7H2,1H3,(H,13,16)(H,14,15). The Morgan fingerprint density at radius 2 is 2.56 bits per heavy atom. The molecule has 16 heavy (non-hydrogen) atoms. The van der Waals surface area contributed by atoms with Crippen LogP contribution in [0.1, 0.15) is 29.0 Å². The number of nitrogens with zero attached hydrogens (tertiary/aromatic N) is 1. The van der Waals surface area contributed by atoms with Gasteiger partial charge in [0.1, 0.15) is 5.69 Å². The van der Waals surface area contributed by atoms with E-state index in [0.29, 0.717) is 11.6 Å². The maximum absolute atomic E-state index is 11.6. The zero-order valence-corrected chi connectivity index (χ0v) is 9.55. The highest BCUT2D eigenvalue weighted by Gasteiger charge is 2.15. The summed E-state index contributed by atoms with van der Waals surface area (Å²) in [6.45, 7) is 4.81. The van der Waals surface area contributed by atoms with Crippen LogP contribution in [0.25, 0.3) is 0 Å². The molecule has 1 fully saturated rings. The minimum atomic E-state index is -0.0877. The van der Waals surface area contributed by atoms with Crippen LogP contribution in [0.4, 0.5) is 0 Å². The highest BCUT2D eigenvalue weighted by molar-refractivity contribution is 5.92. The average Bonchev–Trinajstić information content (AvgIpc) is 2.89. The molecular weight excluding hydrogens is 204 g/mol. The highest BCUT2D eigenvalue weighted by Crippen LogP contribution is 2.10. The fraction of sp³-hybridized carbons (Fsp3) is 0.636. The van der Waals surface area contributed by atoms with Crippen molar-refractivity contribution in [3.63, 3.8) is 0 Å². The number of carbonyl (C=O) groups is 1. The van der Waals surface area contributed by atoms with Crippen LogP contribution in [0.5, 0.6) is 0 Å². The highest BCUT2D eigenvalue weighted by atomic mass is 16.1. The van der Waals surface area contributed by atoms with E-state index in [1.807, 2.05) is 6.92 Å². The van der Waals surface area contributed by atoms with Crippen LogP contribution in [0, 0.1) is 12.8 Å². The lowest BCUT2D eigenvalue weighted by Crippen LogP contribution is -2.26. The first-order valence-corrected chi connectivity index (χ1v) is 5.76. The van der Waals surface area contributed by atoms with Crippen LogP contribution in [-0.4, -0.2) is 35.7 Å². The molecule has 2 rings (SSSR count). The molecule has 0 saturated carbocycles. The number of aryl methyl sites for hydroxylation is 1. The minimum Gasteiger partial charge on any atom is -0.351 e. The van der Waals surface area contributed by atoms with Crippen LogP contribution < -0.4 is 10.6 Å². The molecule has 1 aromatic rings. The molecule has 1 atom stereocenters. The van der Waals surface area contributed by atoms with Gasteiger partial charge < -0.3 is 10.6 Å². The Bertz CT molecular complexity index is 355. The third-order valence-corrected chi connectivity index (χ3v) is 2.94. The molecule has 5 nitrogen and oxygen atoms in total. The summed E-state index contributed by atoms with van der Waals surface area (Å²) in [6.07, 6.45) is 2.26. The Kier molecular flexibility index (Phi) is 3.56. The molecule has 1 aromatic heterocycles. The monoisotopic (exact) mass is 222 g/mol. The Morgan fingerprint density at radius 3 is 3.19 bits per heavy atom. The van der Waals surface area contributed by atoms with E-state index in [4.69, 9.17) is 0 Å². The van der Waals surface area contributed by atoms with Gasteiger partial charge in [0.15, 0.2) is 0 Å². The molecule has 1 aliphatic heterocycles. The van der Waals surface area contributed by atoms with E-state index in [0.717, 1.165) is 31.7 Å². The van der Waals surface area contributed by atoms with Crippen LogP contribution >= 0.6 is 0 Å². The molecule has 1 unspecified atom stereocenters. The summed E-state index contributed by atoms with van der Waals surface area (Å²) in [6, 6.07) is 1.76. The molecule has 88 valence electrons. The number of hydrogen-bond donors (Lipinski definition) is 3. The second-order valence-electron chi connectivity index (χ2n) is 4.34. The number of aromatic amines is 1. The molecule has 5 heteroatoms. The van der Waals surface area contributed by atoms with Gasteiger partial charge in [0.25, 0.3) is 5.91 Å². The zero-order valence-electron chi connectivity index (χ0n) is 9.55. The van der Waals surface area contributed by atoms with Gasteiger partial charge in [-0.2, -0.15) is 5.10 Å². The molecule has 0 radical (unpaired) electrons. The predicted molar refractivity (Wildman–Crippen MR) is 61.3 cm³/mol. The average molecular weight is 222 g/mol. The first kappa shape index (κ1) is 11.1. The van der Waals surface area contributed by atoms with Crippen molar-refractivity contribution in [2.24, 2.45) is 5.92 Å². The van der Waals surface area contributed by atoms with Gasteiger partial charge in [-0.15, -0.1) is 0 Å². The summed E-state index contributed by atoms with van der Waals surface area (Å²) < 4.78 is 0. The van der Waals surface area contributed by atoms with Crippen molar-refractivity contribution >= 4 is 5.91 Å². The molecule has 0 aromatic carbocycles. The van der Waals surface area contributed by atoms with Gasteiger partial charge in [-0.25, -0.2) is 0 Å². The Morgan fingerprint density at radius 1 is 1.69 bits per heavy atom. The molecule has 0 aliphatic carbocycles. The van der Waals surface area contributed by atoms with Crippen molar-refractivity contribution < 1.29 is 4.79 Å². The second-order valence-corrected chi connectivity index (χ2v) is 4.34. The smallest absolute Gasteiger partial charge is 0.271 e. The van der Waals surface area contributed by atoms with E-state index >= 15 is 0 Å². The fourth-order valence-electron chi connectivity index (χ4n) is 1.98. The van der Waals surface area contributed by atoms with Crippen LogP contribution in [0.15, 0.2) is 6.07 Å². The van der Waals surface area contributed by atoms with Crippen molar-refractivity contribution in [2.75, 3.05) is 19.6 Å². The number of rotatable bonds is 4. The van der Waals surface area contributed by atoms with E-state index in [2.05, 4.69) is 20.8 Å². The van der Waals surface area contributed by atoms with E-state index in [1.54, 1.807) is 6.07 Å². The van der Waals surface area contributed by atoms with E-state index in [9.17, 15) is 4.79 Å². The number of aromatic nitrogens is 2. The van der Waals surface area contributed by atoms with E-state index in [1.165, 1.54) is 6.42 Å². The number of hydrogen-bond acceptors (Lipinski definition) is 3. The van der Waals surface area contributed by atoms with Gasteiger partial charge in [0, 0.05) is 12.2 Å².